The van der Waals surface area contributed by atoms with Crippen LogP contribution in [0.1, 0.15) is 48.7 Å². The Hall–Kier alpha value is -3.47. The number of hydrogen-bond donors (Lipinski definition) is 0. The number of hydrogen-bond acceptors (Lipinski definition) is 5. The van der Waals surface area contributed by atoms with Crippen LogP contribution in [0.3, 0.4) is 0 Å². The summed E-state index contributed by atoms with van der Waals surface area (Å²) in [5.41, 5.74) is 2.30. The summed E-state index contributed by atoms with van der Waals surface area (Å²) in [7, 11) is 0. The Morgan fingerprint density at radius 1 is 1.23 bits per heavy atom. The van der Waals surface area contributed by atoms with Crippen molar-refractivity contribution in [2.75, 3.05) is 0 Å². The average Bonchev–Trinajstić information content (AvgIpc) is 2.87. The highest BCUT2D eigenvalue weighted by Crippen LogP contribution is 2.24. The molecule has 0 amide bonds. The number of nitrogens with zero attached hydrogens (tertiary/aromatic N) is 4. The van der Waals surface area contributed by atoms with E-state index in [4.69, 9.17) is 21.3 Å². The summed E-state index contributed by atoms with van der Waals surface area (Å²) in [5, 5.41) is 14.8. The normalized spacial score (nSPS) is 12.1. The van der Waals surface area contributed by atoms with Crippen LogP contribution in [0.25, 0.3) is 10.9 Å². The minimum absolute atomic E-state index is 0.0189. The fourth-order valence-electron chi connectivity index (χ4n) is 3.56. The Kier molecular flexibility index (Phi) is 7.64. The topological polar surface area (TPSA) is 80.3 Å². The monoisotopic (exact) mass is 548 g/mol. The molecule has 8 heteroatoms. The fraction of sp³-hybridized carbons (Fsp3) is 0.185. The van der Waals surface area contributed by atoms with E-state index in [0.29, 0.717) is 38.6 Å². The van der Waals surface area contributed by atoms with Gasteiger partial charge in [-0.05, 0) is 48.9 Å². The molecule has 3 aromatic carbocycles. The van der Waals surface area contributed by atoms with Gasteiger partial charge < -0.3 is 4.74 Å². The second-order valence-electron chi connectivity index (χ2n) is 8.04. The minimum Gasteiger partial charge on any atom is -0.488 e. The van der Waals surface area contributed by atoms with Gasteiger partial charge in [0.2, 0.25) is 0 Å². The quantitative estimate of drug-likeness (QED) is 0.241. The zero-order valence-corrected chi connectivity index (χ0v) is 21.5. The van der Waals surface area contributed by atoms with Crippen molar-refractivity contribution >= 4 is 44.6 Å². The van der Waals surface area contributed by atoms with Gasteiger partial charge in [0.1, 0.15) is 18.2 Å². The van der Waals surface area contributed by atoms with E-state index in [9.17, 15) is 10.1 Å². The van der Waals surface area contributed by atoms with E-state index in [1.807, 2.05) is 44.2 Å². The van der Waals surface area contributed by atoms with Crippen LogP contribution in [-0.2, 0) is 6.61 Å². The van der Waals surface area contributed by atoms with Gasteiger partial charge in [-0.25, -0.2) is 4.98 Å². The number of benzene rings is 3. The third-order valence-electron chi connectivity index (χ3n) is 5.69. The summed E-state index contributed by atoms with van der Waals surface area (Å²) < 4.78 is 8.15. The van der Waals surface area contributed by atoms with Gasteiger partial charge in [0.15, 0.2) is 0 Å². The van der Waals surface area contributed by atoms with Gasteiger partial charge in [0, 0.05) is 26.5 Å². The molecule has 0 unspecified atom stereocenters. The molecule has 0 aliphatic heterocycles. The highest BCUT2D eigenvalue weighted by Gasteiger charge is 2.16. The SMILES string of the molecule is CC[C@@H](C)c1nc2ccc(Br)cc2c(=O)n1N=Cc1cc(Cl)ccc1OCc1ccccc1C#N. The standard InChI is InChI=1S/C27H22BrClN4O2/c1-3-17(2)26-32-24-10-8-21(28)13-23(24)27(34)33(26)31-15-20-12-22(29)9-11-25(20)35-16-19-7-5-4-6-18(19)14-30/h4-13,15,17H,3,16H2,1-2H3/t17-/m1/s1. The minimum atomic E-state index is -0.254. The number of rotatable bonds is 7. The Balaban J connectivity index is 1.75. The molecule has 1 aromatic heterocycles. The second kappa shape index (κ2) is 10.9. The van der Waals surface area contributed by atoms with Crippen molar-refractivity contribution in [2.45, 2.75) is 32.8 Å². The summed E-state index contributed by atoms with van der Waals surface area (Å²) in [4.78, 5) is 18.1. The molecule has 0 aliphatic rings. The largest absolute Gasteiger partial charge is 0.488 e. The molecule has 0 saturated carbocycles. The summed E-state index contributed by atoms with van der Waals surface area (Å²) in [5.74, 6) is 1.13. The van der Waals surface area contributed by atoms with Crippen LogP contribution in [0.4, 0.5) is 0 Å². The molecule has 4 rings (SSSR count). The first-order valence-electron chi connectivity index (χ1n) is 11.1. The van der Waals surface area contributed by atoms with Gasteiger partial charge in [0.25, 0.3) is 5.56 Å². The molecule has 0 aliphatic carbocycles. The Morgan fingerprint density at radius 3 is 2.80 bits per heavy atom. The number of nitriles is 1. The molecule has 35 heavy (non-hydrogen) atoms. The van der Waals surface area contributed by atoms with Gasteiger partial charge >= 0.3 is 0 Å². The lowest BCUT2D eigenvalue weighted by Gasteiger charge is -2.14. The summed E-state index contributed by atoms with van der Waals surface area (Å²) in [6.45, 7) is 4.26. The maximum Gasteiger partial charge on any atom is 0.282 e. The van der Waals surface area contributed by atoms with Gasteiger partial charge in [-0.2, -0.15) is 15.0 Å². The summed E-state index contributed by atoms with van der Waals surface area (Å²) in [6, 6.07) is 20.0. The average molecular weight is 550 g/mol. The fourth-order valence-corrected chi connectivity index (χ4v) is 4.10. The first kappa shape index (κ1) is 24.6. The van der Waals surface area contributed by atoms with E-state index in [1.54, 1.807) is 36.5 Å². The van der Waals surface area contributed by atoms with Crippen molar-refractivity contribution in [3.8, 4) is 11.8 Å². The van der Waals surface area contributed by atoms with Crippen LogP contribution < -0.4 is 10.3 Å². The van der Waals surface area contributed by atoms with Crippen molar-refractivity contribution < 1.29 is 4.74 Å². The molecular formula is C27H22BrClN4O2. The molecule has 0 fully saturated rings. The zero-order chi connectivity index (χ0) is 24.9. The molecule has 1 heterocycles. The molecule has 0 radical (unpaired) electrons. The van der Waals surface area contributed by atoms with Gasteiger partial charge in [-0.15, -0.1) is 0 Å². The lowest BCUT2D eigenvalue weighted by atomic mass is 10.1. The lowest BCUT2D eigenvalue weighted by Crippen LogP contribution is -2.23. The third-order valence-corrected chi connectivity index (χ3v) is 6.42. The Labute approximate surface area is 216 Å². The third kappa shape index (κ3) is 5.45. The van der Waals surface area contributed by atoms with Crippen LogP contribution in [0, 0.1) is 11.3 Å². The smallest absolute Gasteiger partial charge is 0.282 e. The number of fused-ring (bicyclic) bond motifs is 1. The molecule has 0 saturated heterocycles. The molecule has 0 bridgehead atoms. The number of halogens is 2. The highest BCUT2D eigenvalue weighted by molar-refractivity contribution is 9.10. The molecule has 6 nitrogen and oxygen atoms in total. The van der Waals surface area contributed by atoms with E-state index < -0.39 is 0 Å². The maximum absolute atomic E-state index is 13.4. The van der Waals surface area contributed by atoms with Crippen molar-refractivity contribution in [1.29, 1.82) is 5.26 Å². The van der Waals surface area contributed by atoms with Crippen molar-refractivity contribution in [1.82, 2.24) is 9.66 Å². The van der Waals surface area contributed by atoms with E-state index >= 15 is 0 Å². The molecule has 176 valence electrons. The number of ether oxygens (including phenoxy) is 1. The Morgan fingerprint density at radius 2 is 2.03 bits per heavy atom. The highest BCUT2D eigenvalue weighted by atomic mass is 79.9. The Bertz CT molecular complexity index is 1520. The van der Waals surface area contributed by atoms with Gasteiger partial charge in [-0.1, -0.05) is 59.6 Å². The van der Waals surface area contributed by atoms with Crippen LogP contribution in [-0.4, -0.2) is 15.9 Å². The molecular weight excluding hydrogens is 528 g/mol. The first-order chi connectivity index (χ1) is 16.9. The molecule has 4 aromatic rings. The maximum atomic E-state index is 13.4. The van der Waals surface area contributed by atoms with Crippen molar-refractivity contribution in [3.05, 3.63) is 103 Å². The number of aromatic nitrogens is 2. The van der Waals surface area contributed by atoms with Crippen LogP contribution in [0.5, 0.6) is 5.75 Å². The van der Waals surface area contributed by atoms with E-state index in [2.05, 4.69) is 27.1 Å². The van der Waals surface area contributed by atoms with E-state index in [-0.39, 0.29) is 18.1 Å². The van der Waals surface area contributed by atoms with Crippen molar-refractivity contribution in [2.24, 2.45) is 5.10 Å². The lowest BCUT2D eigenvalue weighted by molar-refractivity contribution is 0.305. The molecule has 0 N–H and O–H groups in total. The van der Waals surface area contributed by atoms with Crippen LogP contribution in [0.2, 0.25) is 5.02 Å². The molecule has 0 spiro atoms. The predicted octanol–water partition coefficient (Wildman–Crippen LogP) is 6.66. The van der Waals surface area contributed by atoms with E-state index in [0.717, 1.165) is 16.5 Å². The predicted molar refractivity (Wildman–Crippen MR) is 142 cm³/mol. The summed E-state index contributed by atoms with van der Waals surface area (Å²) >= 11 is 9.67. The van der Waals surface area contributed by atoms with E-state index in [1.165, 1.54) is 4.68 Å². The van der Waals surface area contributed by atoms with Crippen LogP contribution in [0.15, 0.2) is 75.0 Å². The van der Waals surface area contributed by atoms with Crippen molar-refractivity contribution in [3.63, 3.8) is 0 Å². The first-order valence-corrected chi connectivity index (χ1v) is 12.2. The second-order valence-corrected chi connectivity index (χ2v) is 9.39. The molecule has 1 atom stereocenters. The zero-order valence-electron chi connectivity index (χ0n) is 19.2. The summed E-state index contributed by atoms with van der Waals surface area (Å²) in [6.07, 6.45) is 2.35. The van der Waals surface area contributed by atoms with Gasteiger partial charge in [0.05, 0.1) is 28.8 Å². The van der Waals surface area contributed by atoms with Gasteiger partial charge in [-0.3, -0.25) is 4.79 Å². The van der Waals surface area contributed by atoms with Crippen LogP contribution >= 0.6 is 27.5 Å².